The molecule has 192 valence electrons. The highest BCUT2D eigenvalue weighted by atomic mass is 16.2. The summed E-state index contributed by atoms with van der Waals surface area (Å²) in [6, 6.07) is 10.6. The second-order valence-electron chi connectivity index (χ2n) is 10.3. The number of rotatable bonds is 6. The summed E-state index contributed by atoms with van der Waals surface area (Å²) < 4.78 is 1.92. The minimum Gasteiger partial charge on any atom is -0.354 e. The van der Waals surface area contributed by atoms with Crippen molar-refractivity contribution in [2.75, 3.05) is 31.1 Å². The molecule has 2 fully saturated rings. The van der Waals surface area contributed by atoms with Crippen LogP contribution in [0.25, 0.3) is 16.7 Å². The van der Waals surface area contributed by atoms with Gasteiger partial charge in [0, 0.05) is 38.1 Å². The largest absolute Gasteiger partial charge is 0.354 e. The fraction of sp³-hybridized carbons (Fsp3) is 0.571. The van der Waals surface area contributed by atoms with Crippen LogP contribution in [0, 0.1) is 0 Å². The average Bonchev–Trinajstić information content (AvgIpc) is 3.18. The predicted molar refractivity (Wildman–Crippen MR) is 144 cm³/mol. The predicted octanol–water partition coefficient (Wildman–Crippen LogP) is 5.27. The standard InChI is InChI=1S/C28H39N7O/c1-3-11-21(2)25-31-26(24-20-29-35(27(24)32-25)23-14-8-5-9-15-23)33-16-10-17-34(19-18-33)28(36)30-22-12-6-4-7-13-22/h5,8-9,14-15,20-22H,3-4,6-7,10-13,16-19H2,1-2H3,(H,30,36). The summed E-state index contributed by atoms with van der Waals surface area (Å²) in [5.74, 6) is 2.07. The molecule has 3 aromatic rings. The van der Waals surface area contributed by atoms with Crippen LogP contribution in [0.15, 0.2) is 36.5 Å². The van der Waals surface area contributed by atoms with Crippen LogP contribution in [0.3, 0.4) is 0 Å². The van der Waals surface area contributed by atoms with Crippen molar-refractivity contribution in [2.24, 2.45) is 0 Å². The highest BCUT2D eigenvalue weighted by Crippen LogP contribution is 2.30. The highest BCUT2D eigenvalue weighted by Gasteiger charge is 2.26. The van der Waals surface area contributed by atoms with Crippen molar-refractivity contribution < 1.29 is 4.79 Å². The molecule has 1 aliphatic carbocycles. The van der Waals surface area contributed by atoms with E-state index < -0.39 is 0 Å². The van der Waals surface area contributed by atoms with E-state index >= 15 is 0 Å². The Kier molecular flexibility index (Phi) is 7.68. The molecule has 5 rings (SSSR count). The summed E-state index contributed by atoms with van der Waals surface area (Å²) in [6.45, 7) is 7.48. The quantitative estimate of drug-likeness (QED) is 0.510. The first-order valence-electron chi connectivity index (χ1n) is 13.8. The van der Waals surface area contributed by atoms with Gasteiger partial charge in [0.1, 0.15) is 11.6 Å². The molecule has 0 spiro atoms. The molecule has 1 aliphatic heterocycles. The zero-order valence-corrected chi connectivity index (χ0v) is 21.7. The second kappa shape index (κ2) is 11.3. The summed E-state index contributed by atoms with van der Waals surface area (Å²) in [6.07, 6.45) is 10.9. The normalized spacial score (nSPS) is 18.3. The third kappa shape index (κ3) is 5.32. The number of fused-ring (bicyclic) bond motifs is 1. The number of carbonyl (C=O) groups excluding carboxylic acids is 1. The number of aromatic nitrogens is 4. The lowest BCUT2D eigenvalue weighted by Gasteiger charge is -2.28. The van der Waals surface area contributed by atoms with Crippen molar-refractivity contribution in [3.63, 3.8) is 0 Å². The lowest BCUT2D eigenvalue weighted by molar-refractivity contribution is 0.193. The van der Waals surface area contributed by atoms with Crippen molar-refractivity contribution in [3.8, 4) is 5.69 Å². The summed E-state index contributed by atoms with van der Waals surface area (Å²) in [5, 5.41) is 8.97. The van der Waals surface area contributed by atoms with Crippen LogP contribution in [-0.2, 0) is 0 Å². The molecule has 1 atom stereocenters. The van der Waals surface area contributed by atoms with E-state index in [9.17, 15) is 4.79 Å². The Morgan fingerprint density at radius 3 is 2.61 bits per heavy atom. The third-order valence-electron chi connectivity index (χ3n) is 7.60. The van der Waals surface area contributed by atoms with Crippen LogP contribution >= 0.6 is 0 Å². The van der Waals surface area contributed by atoms with Crippen LogP contribution in [0.5, 0.6) is 0 Å². The maximum absolute atomic E-state index is 13.0. The number of anilines is 1. The van der Waals surface area contributed by atoms with Crippen LogP contribution in [-0.4, -0.2) is 62.9 Å². The molecule has 0 bridgehead atoms. The van der Waals surface area contributed by atoms with Crippen LogP contribution in [0.4, 0.5) is 10.6 Å². The molecular formula is C28H39N7O. The van der Waals surface area contributed by atoms with Gasteiger partial charge in [-0.25, -0.2) is 19.4 Å². The van der Waals surface area contributed by atoms with Gasteiger partial charge in [0.25, 0.3) is 0 Å². The Balaban J connectivity index is 1.41. The minimum absolute atomic E-state index is 0.0886. The number of para-hydroxylation sites is 1. The minimum atomic E-state index is 0.0886. The number of urea groups is 1. The molecule has 3 heterocycles. The van der Waals surface area contributed by atoms with E-state index in [-0.39, 0.29) is 11.9 Å². The number of benzene rings is 1. The maximum Gasteiger partial charge on any atom is 0.317 e. The van der Waals surface area contributed by atoms with E-state index in [1.807, 2.05) is 34.0 Å². The van der Waals surface area contributed by atoms with Gasteiger partial charge in [-0.2, -0.15) is 5.10 Å². The van der Waals surface area contributed by atoms with Gasteiger partial charge >= 0.3 is 6.03 Å². The molecule has 36 heavy (non-hydrogen) atoms. The molecule has 1 aromatic carbocycles. The van der Waals surface area contributed by atoms with Gasteiger partial charge in [-0.3, -0.25) is 0 Å². The van der Waals surface area contributed by atoms with Crippen LogP contribution in [0.2, 0.25) is 0 Å². The van der Waals surface area contributed by atoms with E-state index in [0.29, 0.717) is 12.6 Å². The molecular weight excluding hydrogens is 450 g/mol. The summed E-state index contributed by atoms with van der Waals surface area (Å²) in [7, 11) is 0. The Labute approximate surface area is 214 Å². The molecule has 2 amide bonds. The Hall–Kier alpha value is -3.16. The highest BCUT2D eigenvalue weighted by molar-refractivity contribution is 5.88. The van der Waals surface area contributed by atoms with E-state index in [0.717, 1.165) is 80.1 Å². The second-order valence-corrected chi connectivity index (χ2v) is 10.3. The molecule has 1 saturated heterocycles. The number of hydrogen-bond acceptors (Lipinski definition) is 5. The van der Waals surface area contributed by atoms with Gasteiger partial charge in [0.15, 0.2) is 5.65 Å². The van der Waals surface area contributed by atoms with Crippen molar-refractivity contribution >= 4 is 22.9 Å². The van der Waals surface area contributed by atoms with Gasteiger partial charge in [0.2, 0.25) is 0 Å². The topological polar surface area (TPSA) is 79.2 Å². The van der Waals surface area contributed by atoms with Gasteiger partial charge in [-0.1, -0.05) is 57.7 Å². The number of amides is 2. The Morgan fingerprint density at radius 2 is 1.83 bits per heavy atom. The van der Waals surface area contributed by atoms with Crippen molar-refractivity contribution in [1.82, 2.24) is 30.0 Å². The molecule has 8 nitrogen and oxygen atoms in total. The van der Waals surface area contributed by atoms with E-state index in [4.69, 9.17) is 15.1 Å². The van der Waals surface area contributed by atoms with Gasteiger partial charge in [-0.05, 0) is 37.8 Å². The zero-order valence-electron chi connectivity index (χ0n) is 21.7. The van der Waals surface area contributed by atoms with E-state index in [1.165, 1.54) is 19.3 Å². The Bertz CT molecular complexity index is 1160. The number of nitrogens with zero attached hydrogens (tertiary/aromatic N) is 6. The SMILES string of the molecule is CCCC(C)c1nc(N2CCCN(C(=O)NC3CCCCC3)CC2)c2cnn(-c3ccccc3)c2n1. The van der Waals surface area contributed by atoms with Crippen LogP contribution < -0.4 is 10.2 Å². The average molecular weight is 490 g/mol. The fourth-order valence-electron chi connectivity index (χ4n) is 5.54. The number of hydrogen-bond donors (Lipinski definition) is 1. The lowest BCUT2D eigenvalue weighted by Crippen LogP contribution is -2.46. The molecule has 2 aliphatic rings. The summed E-state index contributed by atoms with van der Waals surface area (Å²) in [4.78, 5) is 27.4. The Morgan fingerprint density at radius 1 is 1.03 bits per heavy atom. The lowest BCUT2D eigenvalue weighted by atomic mass is 9.96. The first-order valence-corrected chi connectivity index (χ1v) is 13.8. The maximum atomic E-state index is 13.0. The fourth-order valence-corrected chi connectivity index (χ4v) is 5.54. The molecule has 1 saturated carbocycles. The van der Waals surface area contributed by atoms with Crippen molar-refractivity contribution in [3.05, 3.63) is 42.4 Å². The summed E-state index contributed by atoms with van der Waals surface area (Å²) in [5.41, 5.74) is 1.84. The molecule has 8 heteroatoms. The van der Waals surface area contributed by atoms with Gasteiger partial charge in [-0.15, -0.1) is 0 Å². The first kappa shape index (κ1) is 24.5. The number of carbonyl (C=O) groups is 1. The first-order chi connectivity index (χ1) is 17.6. The smallest absolute Gasteiger partial charge is 0.317 e. The molecule has 1 unspecified atom stereocenters. The summed E-state index contributed by atoms with van der Waals surface area (Å²) >= 11 is 0. The van der Waals surface area contributed by atoms with Crippen molar-refractivity contribution in [1.29, 1.82) is 0 Å². The van der Waals surface area contributed by atoms with E-state index in [1.54, 1.807) is 0 Å². The monoisotopic (exact) mass is 489 g/mol. The molecule has 2 aromatic heterocycles. The zero-order chi connectivity index (χ0) is 24.9. The van der Waals surface area contributed by atoms with Gasteiger partial charge < -0.3 is 15.1 Å². The molecule has 1 N–H and O–H groups in total. The molecule has 0 radical (unpaired) electrons. The van der Waals surface area contributed by atoms with E-state index in [2.05, 4.69) is 36.2 Å². The third-order valence-corrected chi connectivity index (χ3v) is 7.60. The van der Waals surface area contributed by atoms with Crippen LogP contribution in [0.1, 0.15) is 77.0 Å². The van der Waals surface area contributed by atoms with Crippen molar-refractivity contribution in [2.45, 2.75) is 77.2 Å². The number of nitrogens with one attached hydrogen (secondary N) is 1. The van der Waals surface area contributed by atoms with Gasteiger partial charge in [0.05, 0.1) is 17.3 Å².